The van der Waals surface area contributed by atoms with Crippen molar-refractivity contribution in [2.45, 2.75) is 43.8 Å². The fourth-order valence-electron chi connectivity index (χ4n) is 2.42. The first-order valence-electron chi connectivity index (χ1n) is 7.66. The van der Waals surface area contributed by atoms with Gasteiger partial charge in [-0.05, 0) is 39.2 Å². The minimum absolute atomic E-state index is 0. The summed E-state index contributed by atoms with van der Waals surface area (Å²) in [6.07, 6.45) is 5.08. The second-order valence-corrected chi connectivity index (χ2v) is 6.31. The molecule has 2 heterocycles. The molecule has 0 bridgehead atoms. The molecule has 0 amide bonds. The molecule has 0 radical (unpaired) electrons. The summed E-state index contributed by atoms with van der Waals surface area (Å²) in [5, 5.41) is 3.67. The van der Waals surface area contributed by atoms with Crippen LogP contribution in [0.3, 0.4) is 0 Å². The molecule has 2 rings (SSSR count). The standard InChI is InChI=1S/C15H24N6S2.2Na/c1-10-8-13(20-14(22)18-10)17-6-4-3-5-7-21-11(2)9-12(16)19-15(21)23;;/h8-9,15,23H,3-7H2,1-2H3,(H2,16,19)(H2,17,18,20,22);;/q;2*+1/p-2. The minimum atomic E-state index is -0.285. The number of unbranched alkanes of at least 4 members (excludes halogenated alkanes) is 2. The number of aromatic nitrogens is 2. The van der Waals surface area contributed by atoms with Crippen LogP contribution >= 0.6 is 0 Å². The van der Waals surface area contributed by atoms with Gasteiger partial charge in [0.15, 0.2) is 0 Å². The van der Waals surface area contributed by atoms with Crippen molar-refractivity contribution < 1.29 is 59.1 Å². The van der Waals surface area contributed by atoms with Crippen molar-refractivity contribution in [1.29, 1.82) is 0 Å². The maximum atomic E-state index is 5.70. The zero-order valence-corrected chi connectivity index (χ0v) is 21.1. The minimum Gasteiger partial charge on any atom is -0.744 e. The van der Waals surface area contributed by atoms with E-state index in [1.807, 2.05) is 26.0 Å². The summed E-state index contributed by atoms with van der Waals surface area (Å²) in [5.74, 6) is 1.32. The van der Waals surface area contributed by atoms with Gasteiger partial charge < -0.3 is 41.2 Å². The number of nitrogens with zero attached hydrogens (tertiary/aromatic N) is 4. The third kappa shape index (κ3) is 8.79. The molecule has 10 heteroatoms. The summed E-state index contributed by atoms with van der Waals surface area (Å²) in [7, 11) is 0. The van der Waals surface area contributed by atoms with E-state index in [-0.39, 0.29) is 64.6 Å². The maximum absolute atomic E-state index is 5.70. The van der Waals surface area contributed by atoms with E-state index in [1.165, 1.54) is 0 Å². The van der Waals surface area contributed by atoms with E-state index in [1.54, 1.807) is 0 Å². The molecule has 25 heavy (non-hydrogen) atoms. The zero-order valence-electron chi connectivity index (χ0n) is 15.5. The largest absolute Gasteiger partial charge is 1.00 e. The molecule has 0 aromatic carbocycles. The fraction of sp³-hybridized carbons (Fsp3) is 0.533. The number of allylic oxidation sites excluding steroid dienone is 1. The SMILES string of the molecule is CC1=CC(N)=NC([S-])N1CCCCCNc1cc(C)nc([S-])n1.[Na+].[Na+]. The molecule has 0 spiro atoms. The molecule has 0 fully saturated rings. The molecule has 1 aromatic rings. The molecule has 1 unspecified atom stereocenters. The van der Waals surface area contributed by atoms with Crippen LogP contribution in [0.2, 0.25) is 0 Å². The van der Waals surface area contributed by atoms with Crippen molar-refractivity contribution in [2.24, 2.45) is 10.7 Å². The summed E-state index contributed by atoms with van der Waals surface area (Å²) in [4.78, 5) is 14.6. The smallest absolute Gasteiger partial charge is 0.744 e. The Labute approximate surface area is 205 Å². The second kappa shape index (κ2) is 12.8. The van der Waals surface area contributed by atoms with Crippen LogP contribution in [0.1, 0.15) is 31.9 Å². The molecule has 3 N–H and O–H groups in total. The molecule has 0 aliphatic carbocycles. The Morgan fingerprint density at radius 1 is 1.20 bits per heavy atom. The first-order valence-corrected chi connectivity index (χ1v) is 8.54. The first kappa shape index (κ1) is 25.5. The van der Waals surface area contributed by atoms with Gasteiger partial charge in [-0.2, -0.15) is 0 Å². The number of nitrogens with two attached hydrogens (primary N) is 1. The molecular weight excluding hydrogens is 374 g/mol. The maximum Gasteiger partial charge on any atom is 1.00 e. The van der Waals surface area contributed by atoms with Crippen LogP contribution in [0.5, 0.6) is 0 Å². The third-order valence-electron chi connectivity index (χ3n) is 3.55. The normalized spacial score (nSPS) is 16.3. The number of nitrogens with one attached hydrogen (secondary N) is 1. The second-order valence-electron chi connectivity index (χ2n) is 5.52. The zero-order chi connectivity index (χ0) is 16.8. The van der Waals surface area contributed by atoms with E-state index < -0.39 is 0 Å². The van der Waals surface area contributed by atoms with Gasteiger partial charge in [0.25, 0.3) is 0 Å². The van der Waals surface area contributed by atoms with Crippen LogP contribution < -0.4 is 70.2 Å². The van der Waals surface area contributed by atoms with Gasteiger partial charge in [-0.3, -0.25) is 9.98 Å². The Bertz CT molecular complexity index is 591. The van der Waals surface area contributed by atoms with E-state index in [0.717, 1.165) is 49.6 Å². The van der Waals surface area contributed by atoms with E-state index in [0.29, 0.717) is 11.0 Å². The van der Waals surface area contributed by atoms with E-state index >= 15 is 0 Å². The number of anilines is 1. The van der Waals surface area contributed by atoms with Crippen molar-refractivity contribution in [2.75, 3.05) is 18.4 Å². The molecule has 0 saturated heterocycles. The van der Waals surface area contributed by atoms with Crippen LogP contribution in [-0.2, 0) is 25.3 Å². The van der Waals surface area contributed by atoms with Crippen LogP contribution in [0.25, 0.3) is 0 Å². The number of hydrogen-bond donors (Lipinski definition) is 2. The fourth-order valence-corrected chi connectivity index (χ4v) is 3.06. The Balaban J connectivity index is 0.00000288. The Morgan fingerprint density at radius 3 is 2.56 bits per heavy atom. The van der Waals surface area contributed by atoms with Crippen LogP contribution in [0.15, 0.2) is 28.0 Å². The van der Waals surface area contributed by atoms with Crippen molar-refractivity contribution in [1.82, 2.24) is 14.9 Å². The molecule has 6 nitrogen and oxygen atoms in total. The number of amidine groups is 1. The van der Waals surface area contributed by atoms with Gasteiger partial charge in [0.05, 0.1) is 0 Å². The number of aliphatic imine (C=N–C) groups is 1. The predicted molar refractivity (Wildman–Crippen MR) is 98.0 cm³/mol. The Morgan fingerprint density at radius 2 is 1.92 bits per heavy atom. The van der Waals surface area contributed by atoms with Crippen molar-refractivity contribution in [3.05, 3.63) is 23.5 Å². The number of aryl methyl sites for hydroxylation is 1. The third-order valence-corrected chi connectivity index (χ3v) is 4.09. The molecule has 1 atom stereocenters. The topological polar surface area (TPSA) is 79.4 Å². The van der Waals surface area contributed by atoms with Gasteiger partial charge in [0.2, 0.25) is 0 Å². The van der Waals surface area contributed by atoms with Crippen molar-refractivity contribution in [3.63, 3.8) is 0 Å². The number of hydrogen-bond acceptors (Lipinski definition) is 8. The van der Waals surface area contributed by atoms with Gasteiger partial charge in [0.1, 0.15) is 11.7 Å². The van der Waals surface area contributed by atoms with Gasteiger partial charge in [0, 0.05) is 41.2 Å². The average Bonchev–Trinajstić information content (AvgIpc) is 2.43. The summed E-state index contributed by atoms with van der Waals surface area (Å²) < 4.78 is 0. The molecule has 1 aliphatic heterocycles. The predicted octanol–water partition coefficient (Wildman–Crippen LogP) is -4.31. The van der Waals surface area contributed by atoms with E-state index in [2.05, 4.69) is 25.2 Å². The number of rotatable bonds is 7. The van der Waals surface area contributed by atoms with Gasteiger partial charge in [-0.1, -0.05) is 0 Å². The van der Waals surface area contributed by atoms with Crippen LogP contribution in [0.4, 0.5) is 5.82 Å². The van der Waals surface area contributed by atoms with Gasteiger partial charge in [-0.25, -0.2) is 4.98 Å². The van der Waals surface area contributed by atoms with Crippen molar-refractivity contribution in [3.8, 4) is 0 Å². The Hall–Kier alpha value is 0.460. The molecular formula is C15H22N6Na2S2. The molecule has 1 aliphatic rings. The average molecular weight is 396 g/mol. The van der Waals surface area contributed by atoms with Gasteiger partial charge in [-0.15, -0.1) is 0 Å². The monoisotopic (exact) mass is 396 g/mol. The van der Waals surface area contributed by atoms with Crippen LogP contribution in [0, 0.1) is 6.92 Å². The van der Waals surface area contributed by atoms with E-state index in [4.69, 9.17) is 31.0 Å². The summed E-state index contributed by atoms with van der Waals surface area (Å²) in [6, 6.07) is 1.90. The molecule has 0 saturated carbocycles. The van der Waals surface area contributed by atoms with Crippen molar-refractivity contribution >= 4 is 36.9 Å². The summed E-state index contributed by atoms with van der Waals surface area (Å²) in [6.45, 7) is 5.70. The van der Waals surface area contributed by atoms with Gasteiger partial charge >= 0.3 is 59.1 Å². The molecule has 126 valence electrons. The van der Waals surface area contributed by atoms with E-state index in [9.17, 15) is 0 Å². The first-order chi connectivity index (χ1) is 11.0. The Kier molecular flexibility index (Phi) is 13.0. The van der Waals surface area contributed by atoms with Crippen LogP contribution in [-0.4, -0.2) is 39.3 Å². The summed E-state index contributed by atoms with van der Waals surface area (Å²) in [5.41, 5.74) is 7.39. The molecule has 1 aromatic heterocycles. The summed E-state index contributed by atoms with van der Waals surface area (Å²) >= 11 is 10.3. The quantitative estimate of drug-likeness (QED) is 0.209.